The fourth-order valence-corrected chi connectivity index (χ4v) is 2.91. The van der Waals surface area contributed by atoms with E-state index >= 15 is 0 Å². The highest BCUT2D eigenvalue weighted by molar-refractivity contribution is 9.10. The molecule has 0 amide bonds. The summed E-state index contributed by atoms with van der Waals surface area (Å²) in [6, 6.07) is 1.86. The van der Waals surface area contributed by atoms with Gasteiger partial charge in [-0.1, -0.05) is 23.2 Å². The second kappa shape index (κ2) is 5.88. The van der Waals surface area contributed by atoms with Gasteiger partial charge in [-0.2, -0.15) is 0 Å². The minimum absolute atomic E-state index is 0.203. The normalized spacial score (nSPS) is 12.8. The number of thiol groups is 1. The van der Waals surface area contributed by atoms with Crippen LogP contribution in [0.25, 0.3) is 11.0 Å². The predicted octanol–water partition coefficient (Wildman–Crippen LogP) is 4.71. The predicted molar refractivity (Wildman–Crippen MR) is 92.9 cm³/mol. The van der Waals surface area contributed by atoms with Crippen LogP contribution in [0.1, 0.15) is 24.4 Å². The van der Waals surface area contributed by atoms with E-state index in [0.717, 1.165) is 9.86 Å². The number of hydrogen-bond donors (Lipinski definition) is 2. The number of furan rings is 1. The third-order valence-electron chi connectivity index (χ3n) is 3.21. The zero-order valence-corrected chi connectivity index (χ0v) is 15.1. The van der Waals surface area contributed by atoms with E-state index in [1.54, 1.807) is 6.26 Å². The SMILES string of the molecule is CC(c1cc2c(Br)coc2c(Cl)n1)c1nc(N)c(S)c(Cl)n1. The van der Waals surface area contributed by atoms with Crippen molar-refractivity contribution in [2.75, 3.05) is 5.73 Å². The number of hydrogen-bond acceptors (Lipinski definition) is 6. The van der Waals surface area contributed by atoms with Gasteiger partial charge in [-0.3, -0.25) is 0 Å². The molecular formula is C13H9BrCl2N4OS. The van der Waals surface area contributed by atoms with Gasteiger partial charge in [0.05, 0.1) is 21.0 Å². The van der Waals surface area contributed by atoms with Crippen molar-refractivity contribution in [2.45, 2.75) is 17.7 Å². The van der Waals surface area contributed by atoms with Crippen molar-refractivity contribution in [3.05, 3.63) is 38.6 Å². The molecule has 1 atom stereocenters. The molecule has 3 rings (SSSR count). The molecule has 22 heavy (non-hydrogen) atoms. The summed E-state index contributed by atoms with van der Waals surface area (Å²) in [6.07, 6.45) is 1.56. The summed E-state index contributed by atoms with van der Waals surface area (Å²) >= 11 is 19.7. The Bertz CT molecular complexity index is 863. The zero-order valence-electron chi connectivity index (χ0n) is 11.1. The maximum atomic E-state index is 6.17. The van der Waals surface area contributed by atoms with E-state index in [0.29, 0.717) is 22.0 Å². The molecule has 2 N–H and O–H groups in total. The topological polar surface area (TPSA) is 77.8 Å². The molecule has 114 valence electrons. The molecule has 0 fully saturated rings. The highest BCUT2D eigenvalue weighted by Crippen LogP contribution is 2.34. The monoisotopic (exact) mass is 418 g/mol. The first-order valence-electron chi connectivity index (χ1n) is 6.13. The maximum Gasteiger partial charge on any atom is 0.172 e. The van der Waals surface area contributed by atoms with Crippen LogP contribution in [-0.4, -0.2) is 15.0 Å². The molecule has 0 aromatic carbocycles. The maximum absolute atomic E-state index is 6.17. The number of halogens is 3. The van der Waals surface area contributed by atoms with Crippen molar-refractivity contribution >= 4 is 68.5 Å². The lowest BCUT2D eigenvalue weighted by molar-refractivity contribution is 0.611. The van der Waals surface area contributed by atoms with E-state index in [2.05, 4.69) is 43.5 Å². The summed E-state index contributed by atoms with van der Waals surface area (Å²) in [5, 5.41) is 1.30. The number of rotatable bonds is 2. The molecule has 3 aromatic heterocycles. The van der Waals surface area contributed by atoms with Crippen molar-refractivity contribution in [3.8, 4) is 0 Å². The second-order valence-electron chi connectivity index (χ2n) is 4.63. The average molecular weight is 420 g/mol. The first-order valence-corrected chi connectivity index (χ1v) is 8.13. The van der Waals surface area contributed by atoms with Crippen molar-refractivity contribution in [2.24, 2.45) is 0 Å². The third kappa shape index (κ3) is 2.67. The molecule has 3 heterocycles. The first kappa shape index (κ1) is 15.9. The van der Waals surface area contributed by atoms with Crippen LogP contribution in [0.5, 0.6) is 0 Å². The zero-order chi connectivity index (χ0) is 16.0. The molecule has 0 radical (unpaired) electrons. The van der Waals surface area contributed by atoms with Crippen LogP contribution in [0.4, 0.5) is 5.82 Å². The molecule has 0 aliphatic carbocycles. The highest BCUT2D eigenvalue weighted by atomic mass is 79.9. The fraction of sp³-hybridized carbons (Fsp3) is 0.154. The molecule has 0 saturated carbocycles. The highest BCUT2D eigenvalue weighted by Gasteiger charge is 2.20. The van der Waals surface area contributed by atoms with Gasteiger partial charge in [0, 0.05) is 5.39 Å². The Morgan fingerprint density at radius 2 is 2.00 bits per heavy atom. The molecular weight excluding hydrogens is 411 g/mol. The number of nitrogens with zero attached hydrogens (tertiary/aromatic N) is 3. The van der Waals surface area contributed by atoms with Gasteiger partial charge in [0.2, 0.25) is 0 Å². The van der Waals surface area contributed by atoms with Crippen LogP contribution in [0, 0.1) is 0 Å². The summed E-state index contributed by atoms with van der Waals surface area (Å²) in [4.78, 5) is 13.1. The van der Waals surface area contributed by atoms with Gasteiger partial charge in [-0.05, 0) is 28.9 Å². The van der Waals surface area contributed by atoms with Gasteiger partial charge in [0.1, 0.15) is 23.1 Å². The summed E-state index contributed by atoms with van der Waals surface area (Å²) < 4.78 is 6.15. The minimum atomic E-state index is -0.252. The molecule has 0 aliphatic heterocycles. The van der Waals surface area contributed by atoms with Crippen molar-refractivity contribution < 1.29 is 4.42 Å². The van der Waals surface area contributed by atoms with Crippen LogP contribution in [0.15, 0.2) is 26.1 Å². The fourth-order valence-electron chi connectivity index (χ4n) is 1.99. The molecule has 3 aromatic rings. The lowest BCUT2D eigenvalue weighted by Crippen LogP contribution is -2.08. The van der Waals surface area contributed by atoms with E-state index in [1.807, 2.05) is 13.0 Å². The van der Waals surface area contributed by atoms with Crippen LogP contribution >= 0.6 is 51.8 Å². The summed E-state index contributed by atoms with van der Waals surface area (Å²) in [7, 11) is 0. The Morgan fingerprint density at radius 3 is 2.68 bits per heavy atom. The van der Waals surface area contributed by atoms with E-state index in [1.165, 1.54) is 0 Å². The molecule has 0 bridgehead atoms. The molecule has 0 aliphatic rings. The Hall–Kier alpha value is -1.02. The standard InChI is InChI=1S/C13H9BrCl2N4OS/c1-4(13-19-11(16)9(22)12(17)20-13)7-2-5-6(14)3-21-8(5)10(15)18-7/h2-4,22H,1H3,(H2,17,19,20). The Labute approximate surface area is 149 Å². The molecule has 9 heteroatoms. The van der Waals surface area contributed by atoms with Gasteiger partial charge < -0.3 is 10.2 Å². The lowest BCUT2D eigenvalue weighted by atomic mass is 10.1. The Morgan fingerprint density at radius 1 is 1.27 bits per heavy atom. The lowest BCUT2D eigenvalue weighted by Gasteiger charge is -2.12. The van der Waals surface area contributed by atoms with Gasteiger partial charge >= 0.3 is 0 Å². The van der Waals surface area contributed by atoms with E-state index in [-0.39, 0.29) is 22.0 Å². The van der Waals surface area contributed by atoms with Crippen LogP contribution in [-0.2, 0) is 0 Å². The Balaban J connectivity index is 2.12. The Kier molecular flexibility index (Phi) is 4.24. The van der Waals surface area contributed by atoms with E-state index < -0.39 is 0 Å². The molecule has 5 nitrogen and oxygen atoms in total. The van der Waals surface area contributed by atoms with Crippen LogP contribution < -0.4 is 5.73 Å². The van der Waals surface area contributed by atoms with Crippen molar-refractivity contribution in [1.29, 1.82) is 0 Å². The summed E-state index contributed by atoms with van der Waals surface area (Å²) in [6.45, 7) is 1.89. The number of fused-ring (bicyclic) bond motifs is 1. The van der Waals surface area contributed by atoms with Crippen LogP contribution in [0.3, 0.4) is 0 Å². The smallest absolute Gasteiger partial charge is 0.172 e. The second-order valence-corrected chi connectivity index (χ2v) is 6.64. The molecule has 0 saturated heterocycles. The number of nitrogens with two attached hydrogens (primary N) is 1. The number of anilines is 1. The first-order chi connectivity index (χ1) is 10.4. The number of aromatic nitrogens is 3. The van der Waals surface area contributed by atoms with Crippen molar-refractivity contribution in [3.63, 3.8) is 0 Å². The third-order valence-corrected chi connectivity index (χ3v) is 4.92. The summed E-state index contributed by atoms with van der Waals surface area (Å²) in [5.41, 5.74) is 6.99. The average Bonchev–Trinajstić information content (AvgIpc) is 2.85. The van der Waals surface area contributed by atoms with Crippen LogP contribution in [0.2, 0.25) is 10.3 Å². The molecule has 1 unspecified atom stereocenters. The largest absolute Gasteiger partial charge is 0.460 e. The number of pyridine rings is 1. The van der Waals surface area contributed by atoms with E-state index in [4.69, 9.17) is 33.4 Å². The number of nitrogen functional groups attached to an aromatic ring is 1. The summed E-state index contributed by atoms with van der Waals surface area (Å²) in [5.74, 6) is 0.419. The molecule has 0 spiro atoms. The van der Waals surface area contributed by atoms with Gasteiger partial charge in [-0.25, -0.2) is 15.0 Å². The van der Waals surface area contributed by atoms with Crippen molar-refractivity contribution in [1.82, 2.24) is 15.0 Å². The van der Waals surface area contributed by atoms with Gasteiger partial charge in [-0.15, -0.1) is 12.6 Å². The van der Waals surface area contributed by atoms with E-state index in [9.17, 15) is 0 Å². The van der Waals surface area contributed by atoms with Gasteiger partial charge in [0.25, 0.3) is 0 Å². The van der Waals surface area contributed by atoms with Gasteiger partial charge in [0.15, 0.2) is 10.7 Å². The quantitative estimate of drug-likeness (QED) is 0.357. The minimum Gasteiger partial charge on any atom is -0.460 e.